The molecular weight excluding hydrogens is 311 g/mol. The average molecular weight is 336 g/mol. The third-order valence-corrected chi connectivity index (χ3v) is 5.35. The number of urea groups is 1. The van der Waals surface area contributed by atoms with Crippen LogP contribution in [0.1, 0.15) is 32.6 Å². The summed E-state index contributed by atoms with van der Waals surface area (Å²) < 4.78 is 13.8. The van der Waals surface area contributed by atoms with E-state index in [1.807, 2.05) is 11.8 Å². The van der Waals surface area contributed by atoms with Gasteiger partial charge in [-0.25, -0.2) is 14.2 Å². The first-order valence-corrected chi connectivity index (χ1v) is 8.64. The monoisotopic (exact) mass is 336 g/mol. The summed E-state index contributed by atoms with van der Waals surface area (Å²) >= 11 is 0. The molecule has 0 spiro atoms. The summed E-state index contributed by atoms with van der Waals surface area (Å²) in [7, 11) is 0. The lowest BCUT2D eigenvalue weighted by Gasteiger charge is -2.37. The number of carbonyl (C=O) groups is 1. The van der Waals surface area contributed by atoms with Crippen LogP contribution in [0.15, 0.2) is 18.3 Å². The second-order valence-electron chi connectivity index (χ2n) is 6.68. The molecule has 0 bridgehead atoms. The number of aliphatic hydroxyl groups excluding tert-OH is 1. The smallest absolute Gasteiger partial charge is 0.318 e. The van der Waals surface area contributed by atoms with Crippen molar-refractivity contribution in [3.63, 3.8) is 0 Å². The highest BCUT2D eigenvalue weighted by Gasteiger charge is 2.42. The van der Waals surface area contributed by atoms with Crippen LogP contribution >= 0.6 is 0 Å². The van der Waals surface area contributed by atoms with Gasteiger partial charge in [-0.15, -0.1) is 0 Å². The molecule has 2 fully saturated rings. The molecule has 3 heterocycles. The van der Waals surface area contributed by atoms with Crippen molar-refractivity contribution in [2.75, 3.05) is 31.1 Å². The third kappa shape index (κ3) is 3.05. The van der Waals surface area contributed by atoms with Crippen molar-refractivity contribution in [1.29, 1.82) is 0 Å². The van der Waals surface area contributed by atoms with Crippen LogP contribution in [-0.2, 0) is 0 Å². The number of aliphatic hydroxyl groups is 1. The maximum atomic E-state index is 13.8. The van der Waals surface area contributed by atoms with Crippen LogP contribution < -0.4 is 10.2 Å². The van der Waals surface area contributed by atoms with E-state index in [0.29, 0.717) is 25.5 Å². The molecule has 2 aliphatic heterocycles. The largest absolute Gasteiger partial charge is 0.394 e. The minimum atomic E-state index is -0.435. The summed E-state index contributed by atoms with van der Waals surface area (Å²) in [6, 6.07) is 2.81. The van der Waals surface area contributed by atoms with Gasteiger partial charge in [-0.3, -0.25) is 0 Å². The van der Waals surface area contributed by atoms with E-state index < -0.39 is 5.54 Å². The molecule has 24 heavy (non-hydrogen) atoms. The summed E-state index contributed by atoms with van der Waals surface area (Å²) in [5.41, 5.74) is -0.435. The molecule has 2 aliphatic rings. The first-order valence-electron chi connectivity index (χ1n) is 8.64. The summed E-state index contributed by atoms with van der Waals surface area (Å²) in [5.74, 6) is 0.00276. The molecule has 0 radical (unpaired) electrons. The van der Waals surface area contributed by atoms with Gasteiger partial charge in [-0.2, -0.15) is 0 Å². The number of hydrogen-bond acceptors (Lipinski definition) is 4. The van der Waals surface area contributed by atoms with Gasteiger partial charge in [0, 0.05) is 31.9 Å². The van der Waals surface area contributed by atoms with Gasteiger partial charge < -0.3 is 20.2 Å². The number of aromatic nitrogens is 1. The topological polar surface area (TPSA) is 68.7 Å². The van der Waals surface area contributed by atoms with Crippen molar-refractivity contribution in [2.45, 2.75) is 44.2 Å². The maximum Gasteiger partial charge on any atom is 0.318 e. The molecule has 0 unspecified atom stereocenters. The predicted octanol–water partition coefficient (Wildman–Crippen LogP) is 1.75. The van der Waals surface area contributed by atoms with Crippen molar-refractivity contribution in [3.05, 3.63) is 24.1 Å². The highest BCUT2D eigenvalue weighted by molar-refractivity contribution is 5.76. The molecular formula is C17H25FN4O2. The van der Waals surface area contributed by atoms with Gasteiger partial charge in [0.05, 0.1) is 12.1 Å². The van der Waals surface area contributed by atoms with E-state index in [0.717, 1.165) is 25.7 Å². The Labute approximate surface area is 141 Å². The Morgan fingerprint density at radius 1 is 1.54 bits per heavy atom. The zero-order chi connectivity index (χ0) is 17.2. The van der Waals surface area contributed by atoms with Gasteiger partial charge in [0.15, 0.2) is 11.6 Å². The molecule has 0 aliphatic carbocycles. The van der Waals surface area contributed by atoms with E-state index in [-0.39, 0.29) is 24.5 Å². The Hall–Kier alpha value is -1.89. The van der Waals surface area contributed by atoms with Gasteiger partial charge in [-0.1, -0.05) is 6.92 Å². The van der Waals surface area contributed by atoms with Crippen LogP contribution in [0.25, 0.3) is 0 Å². The van der Waals surface area contributed by atoms with Crippen molar-refractivity contribution in [1.82, 2.24) is 15.2 Å². The Morgan fingerprint density at radius 2 is 2.38 bits per heavy atom. The standard InChI is InChI=1S/C17H25FN4O2/c1-2-17(12-23)7-4-9-22(17)16(24)20-13-6-10-21(11-13)15-14(18)5-3-8-19-15/h3,5,8,13,23H,2,4,6-7,9-12H2,1H3,(H,20,24)/t13-,17-/m1/s1. The van der Waals surface area contributed by atoms with Crippen molar-refractivity contribution in [3.8, 4) is 0 Å². The van der Waals surface area contributed by atoms with Crippen LogP contribution in [0.2, 0.25) is 0 Å². The number of anilines is 1. The SMILES string of the molecule is CC[C@]1(CO)CCCN1C(=O)N[C@@H]1CCN(c2ncccc2F)C1. The fourth-order valence-corrected chi connectivity index (χ4v) is 3.83. The van der Waals surface area contributed by atoms with Crippen LogP contribution in [0.5, 0.6) is 0 Å². The Kier molecular flexibility index (Phi) is 4.89. The zero-order valence-electron chi connectivity index (χ0n) is 14.0. The quantitative estimate of drug-likeness (QED) is 0.879. The zero-order valence-corrected chi connectivity index (χ0v) is 14.0. The van der Waals surface area contributed by atoms with Crippen molar-refractivity contribution in [2.24, 2.45) is 0 Å². The van der Waals surface area contributed by atoms with Crippen LogP contribution in [0, 0.1) is 5.82 Å². The molecule has 132 valence electrons. The first kappa shape index (κ1) is 17.0. The highest BCUT2D eigenvalue weighted by atomic mass is 19.1. The summed E-state index contributed by atoms with van der Waals surface area (Å²) in [6.45, 7) is 3.88. The van der Waals surface area contributed by atoms with E-state index in [1.54, 1.807) is 17.2 Å². The van der Waals surface area contributed by atoms with Gasteiger partial charge in [0.2, 0.25) is 0 Å². The van der Waals surface area contributed by atoms with Crippen LogP contribution in [0.4, 0.5) is 15.0 Å². The number of halogens is 1. The molecule has 1 aromatic rings. The fourth-order valence-electron chi connectivity index (χ4n) is 3.83. The molecule has 0 saturated carbocycles. The molecule has 6 nitrogen and oxygen atoms in total. The Bertz CT molecular complexity index is 594. The van der Waals surface area contributed by atoms with Crippen LogP contribution in [0.3, 0.4) is 0 Å². The minimum absolute atomic E-state index is 0.00709. The number of pyridine rings is 1. The number of rotatable bonds is 4. The van der Waals surface area contributed by atoms with E-state index in [4.69, 9.17) is 0 Å². The molecule has 2 N–H and O–H groups in total. The number of nitrogens with one attached hydrogen (secondary N) is 1. The number of amides is 2. The number of carbonyl (C=O) groups excluding carboxylic acids is 1. The number of nitrogens with zero attached hydrogens (tertiary/aromatic N) is 3. The van der Waals surface area contributed by atoms with Gasteiger partial charge >= 0.3 is 6.03 Å². The number of likely N-dealkylation sites (tertiary alicyclic amines) is 1. The van der Waals surface area contributed by atoms with Crippen molar-refractivity contribution >= 4 is 11.8 Å². The van der Waals surface area contributed by atoms with Crippen molar-refractivity contribution < 1.29 is 14.3 Å². The molecule has 2 saturated heterocycles. The molecule has 3 rings (SSSR count). The lowest BCUT2D eigenvalue weighted by Crippen LogP contribution is -2.55. The van der Waals surface area contributed by atoms with E-state index >= 15 is 0 Å². The van der Waals surface area contributed by atoms with E-state index in [1.165, 1.54) is 6.07 Å². The van der Waals surface area contributed by atoms with Gasteiger partial charge in [0.1, 0.15) is 0 Å². The highest BCUT2D eigenvalue weighted by Crippen LogP contribution is 2.32. The van der Waals surface area contributed by atoms with Gasteiger partial charge in [0.25, 0.3) is 0 Å². The lowest BCUT2D eigenvalue weighted by atomic mass is 9.94. The Morgan fingerprint density at radius 3 is 3.08 bits per heavy atom. The normalized spacial score (nSPS) is 26.9. The molecule has 1 aromatic heterocycles. The second kappa shape index (κ2) is 6.93. The average Bonchev–Trinajstić information content (AvgIpc) is 3.22. The third-order valence-electron chi connectivity index (χ3n) is 5.35. The predicted molar refractivity (Wildman–Crippen MR) is 89.4 cm³/mol. The fraction of sp³-hybridized carbons (Fsp3) is 0.647. The summed E-state index contributed by atoms with van der Waals surface area (Å²) in [6.07, 6.45) is 4.83. The molecule has 0 aromatic carbocycles. The minimum Gasteiger partial charge on any atom is -0.394 e. The molecule has 7 heteroatoms. The van der Waals surface area contributed by atoms with E-state index in [2.05, 4.69) is 10.3 Å². The first-order chi connectivity index (χ1) is 11.6. The summed E-state index contributed by atoms with van der Waals surface area (Å²) in [5, 5.41) is 12.8. The molecule has 2 amide bonds. The number of hydrogen-bond donors (Lipinski definition) is 2. The van der Waals surface area contributed by atoms with Gasteiger partial charge in [-0.05, 0) is 37.8 Å². The van der Waals surface area contributed by atoms with E-state index in [9.17, 15) is 14.3 Å². The Balaban J connectivity index is 1.61. The maximum absolute atomic E-state index is 13.8. The van der Waals surface area contributed by atoms with Crippen LogP contribution in [-0.4, -0.2) is 58.8 Å². The lowest BCUT2D eigenvalue weighted by molar-refractivity contribution is 0.0800. The molecule has 2 atom stereocenters. The summed E-state index contributed by atoms with van der Waals surface area (Å²) in [4.78, 5) is 20.4. The second-order valence-corrected chi connectivity index (χ2v) is 6.68.